The molecule has 0 aliphatic carbocycles. The molecule has 0 bridgehead atoms. The Morgan fingerprint density at radius 2 is 1.87 bits per heavy atom. The Morgan fingerprint density at radius 1 is 1.00 bits per heavy atom. The molecule has 0 spiro atoms. The number of rotatable bonds is 4. The van der Waals surface area contributed by atoms with Gasteiger partial charge in [0.2, 0.25) is 11.7 Å². The molecule has 0 N–H and O–H groups in total. The molecule has 0 amide bonds. The summed E-state index contributed by atoms with van der Waals surface area (Å²) in [4.78, 5) is 6.48. The molecule has 0 fully saturated rings. The van der Waals surface area contributed by atoms with Crippen molar-refractivity contribution < 1.29 is 8.94 Å². The van der Waals surface area contributed by atoms with Crippen molar-refractivity contribution in [2.75, 3.05) is 11.9 Å². The van der Waals surface area contributed by atoms with Gasteiger partial charge in [-0.05, 0) is 23.6 Å². The second-order valence-corrected chi connectivity index (χ2v) is 5.34. The largest absolute Gasteiger partial charge is 0.461 e. The maximum absolute atomic E-state index is 5.33. The van der Waals surface area contributed by atoms with Gasteiger partial charge in [0.1, 0.15) is 0 Å². The van der Waals surface area contributed by atoms with Crippen LogP contribution in [0.2, 0.25) is 0 Å². The van der Waals surface area contributed by atoms with Crippen LogP contribution in [-0.2, 0) is 6.54 Å². The fourth-order valence-electron chi connectivity index (χ4n) is 2.65. The summed E-state index contributed by atoms with van der Waals surface area (Å²) in [7, 11) is 2.01. The third kappa shape index (κ3) is 2.57. The fourth-order valence-corrected chi connectivity index (χ4v) is 2.65. The minimum absolute atomic E-state index is 0.469. The molecule has 2 aromatic heterocycles. The van der Waals surface area contributed by atoms with E-state index >= 15 is 0 Å². The molecule has 5 nitrogen and oxygen atoms in total. The van der Waals surface area contributed by atoms with E-state index in [0.717, 1.165) is 5.69 Å². The summed E-state index contributed by atoms with van der Waals surface area (Å²) >= 11 is 0. The van der Waals surface area contributed by atoms with Crippen molar-refractivity contribution in [3.8, 4) is 11.6 Å². The van der Waals surface area contributed by atoms with Crippen molar-refractivity contribution in [2.24, 2.45) is 0 Å². The van der Waals surface area contributed by atoms with Crippen molar-refractivity contribution in [3.63, 3.8) is 0 Å². The standard InChI is InChI=1S/C18H15N3O2/c1-21(15-9-4-7-13-6-2-3-8-14(13)15)12-17-19-18(20-23-17)16-10-5-11-22-16/h2-11H,12H2,1H3. The van der Waals surface area contributed by atoms with Crippen LogP contribution in [0.3, 0.4) is 0 Å². The highest BCUT2D eigenvalue weighted by Crippen LogP contribution is 2.27. The fraction of sp³-hybridized carbons (Fsp3) is 0.111. The number of hydrogen-bond acceptors (Lipinski definition) is 5. The van der Waals surface area contributed by atoms with Crippen molar-refractivity contribution in [1.82, 2.24) is 10.1 Å². The Balaban J connectivity index is 1.61. The Bertz CT molecular complexity index is 923. The lowest BCUT2D eigenvalue weighted by atomic mass is 10.1. The first-order valence-electron chi connectivity index (χ1n) is 7.36. The maximum Gasteiger partial charge on any atom is 0.246 e. The molecule has 4 rings (SSSR count). The zero-order valence-corrected chi connectivity index (χ0v) is 12.6. The monoisotopic (exact) mass is 305 g/mol. The maximum atomic E-state index is 5.33. The molecule has 0 radical (unpaired) electrons. The van der Waals surface area contributed by atoms with Gasteiger partial charge in [0.15, 0.2) is 5.76 Å². The first kappa shape index (κ1) is 13.6. The van der Waals surface area contributed by atoms with Crippen LogP contribution >= 0.6 is 0 Å². The average molecular weight is 305 g/mol. The SMILES string of the molecule is CN(Cc1nc(-c2ccco2)no1)c1cccc2ccccc12. The highest BCUT2D eigenvalue weighted by Gasteiger charge is 2.14. The number of benzene rings is 2. The second-order valence-electron chi connectivity index (χ2n) is 5.34. The third-order valence-electron chi connectivity index (χ3n) is 3.76. The van der Waals surface area contributed by atoms with Crippen LogP contribution in [0.15, 0.2) is 69.8 Å². The molecule has 0 saturated heterocycles. The summed E-state index contributed by atoms with van der Waals surface area (Å²) in [6.45, 7) is 0.529. The Kier molecular flexibility index (Phi) is 3.31. The van der Waals surface area contributed by atoms with E-state index in [-0.39, 0.29) is 0 Å². The van der Waals surface area contributed by atoms with E-state index in [1.54, 1.807) is 12.3 Å². The number of aromatic nitrogens is 2. The first-order chi connectivity index (χ1) is 11.3. The van der Waals surface area contributed by atoms with Crippen molar-refractivity contribution in [1.29, 1.82) is 0 Å². The van der Waals surface area contributed by atoms with Crippen LogP contribution in [0, 0.1) is 0 Å². The number of nitrogens with zero attached hydrogens (tertiary/aromatic N) is 3. The van der Waals surface area contributed by atoms with E-state index in [0.29, 0.717) is 24.0 Å². The highest BCUT2D eigenvalue weighted by molar-refractivity contribution is 5.94. The number of hydrogen-bond donors (Lipinski definition) is 0. The van der Waals surface area contributed by atoms with Gasteiger partial charge in [-0.2, -0.15) is 4.98 Å². The smallest absolute Gasteiger partial charge is 0.246 e. The van der Waals surface area contributed by atoms with Crippen LogP contribution in [0.1, 0.15) is 5.89 Å². The lowest BCUT2D eigenvalue weighted by molar-refractivity contribution is 0.377. The van der Waals surface area contributed by atoms with Gasteiger partial charge in [0.25, 0.3) is 0 Å². The number of anilines is 1. The van der Waals surface area contributed by atoms with E-state index in [1.165, 1.54) is 10.8 Å². The molecule has 23 heavy (non-hydrogen) atoms. The molecule has 0 saturated carbocycles. The van der Waals surface area contributed by atoms with Gasteiger partial charge in [-0.25, -0.2) is 0 Å². The molecule has 0 aliphatic rings. The predicted molar refractivity (Wildman–Crippen MR) is 88.1 cm³/mol. The minimum Gasteiger partial charge on any atom is -0.461 e. The molecule has 4 aromatic rings. The molecule has 2 aromatic carbocycles. The molecular weight excluding hydrogens is 290 g/mol. The summed E-state index contributed by atoms with van der Waals surface area (Å²) in [5.41, 5.74) is 1.13. The molecule has 5 heteroatoms. The minimum atomic E-state index is 0.469. The van der Waals surface area contributed by atoms with E-state index in [4.69, 9.17) is 8.94 Å². The summed E-state index contributed by atoms with van der Waals surface area (Å²) in [5, 5.41) is 6.37. The second kappa shape index (κ2) is 5.61. The Hall–Kier alpha value is -3.08. The molecule has 2 heterocycles. The van der Waals surface area contributed by atoms with Crippen molar-refractivity contribution in [2.45, 2.75) is 6.54 Å². The van der Waals surface area contributed by atoms with Crippen molar-refractivity contribution >= 4 is 16.5 Å². The molecule has 0 atom stereocenters. The zero-order valence-electron chi connectivity index (χ0n) is 12.6. The van der Waals surface area contributed by atoms with E-state index in [1.807, 2.05) is 25.2 Å². The molecule has 114 valence electrons. The molecule has 0 aliphatic heterocycles. The summed E-state index contributed by atoms with van der Waals surface area (Å²) in [5.74, 6) is 1.62. The summed E-state index contributed by atoms with van der Waals surface area (Å²) < 4.78 is 10.6. The van der Waals surface area contributed by atoms with E-state index in [9.17, 15) is 0 Å². The Morgan fingerprint density at radius 3 is 2.74 bits per heavy atom. The Labute approximate surface area is 133 Å². The predicted octanol–water partition coefficient (Wildman–Crippen LogP) is 4.12. The summed E-state index contributed by atoms with van der Waals surface area (Å²) in [6.07, 6.45) is 1.59. The van der Waals surface area contributed by atoms with Crippen LogP contribution in [-0.4, -0.2) is 17.2 Å². The average Bonchev–Trinajstić information content (AvgIpc) is 3.25. The normalized spacial score (nSPS) is 11.0. The van der Waals surface area contributed by atoms with Crippen LogP contribution in [0.4, 0.5) is 5.69 Å². The van der Waals surface area contributed by atoms with Gasteiger partial charge >= 0.3 is 0 Å². The van der Waals surface area contributed by atoms with E-state index < -0.39 is 0 Å². The van der Waals surface area contributed by atoms with Gasteiger partial charge in [0.05, 0.1) is 12.8 Å². The van der Waals surface area contributed by atoms with E-state index in [2.05, 4.69) is 45.4 Å². The third-order valence-corrected chi connectivity index (χ3v) is 3.76. The molecular formula is C18H15N3O2. The number of furan rings is 1. The van der Waals surface area contributed by atoms with Crippen LogP contribution < -0.4 is 4.90 Å². The van der Waals surface area contributed by atoms with Gasteiger partial charge in [0, 0.05) is 18.1 Å². The van der Waals surface area contributed by atoms with Gasteiger partial charge in [-0.15, -0.1) is 0 Å². The molecule has 0 unspecified atom stereocenters. The summed E-state index contributed by atoms with van der Waals surface area (Å²) in [6, 6.07) is 18.2. The first-order valence-corrected chi connectivity index (χ1v) is 7.36. The van der Waals surface area contributed by atoms with Gasteiger partial charge in [-0.1, -0.05) is 41.6 Å². The van der Waals surface area contributed by atoms with Crippen molar-refractivity contribution in [3.05, 3.63) is 66.8 Å². The van der Waals surface area contributed by atoms with Gasteiger partial charge < -0.3 is 13.8 Å². The quantitative estimate of drug-likeness (QED) is 0.567. The van der Waals surface area contributed by atoms with Crippen LogP contribution in [0.5, 0.6) is 0 Å². The number of fused-ring (bicyclic) bond motifs is 1. The zero-order chi connectivity index (χ0) is 15.6. The lowest BCUT2D eigenvalue weighted by Crippen LogP contribution is -2.16. The topological polar surface area (TPSA) is 55.3 Å². The van der Waals surface area contributed by atoms with Crippen LogP contribution in [0.25, 0.3) is 22.4 Å². The highest BCUT2D eigenvalue weighted by atomic mass is 16.5. The lowest BCUT2D eigenvalue weighted by Gasteiger charge is -2.19. The van der Waals surface area contributed by atoms with Gasteiger partial charge in [-0.3, -0.25) is 0 Å².